The highest BCUT2D eigenvalue weighted by atomic mass is 28.3. The minimum absolute atomic E-state index is 0.232. The quantitative estimate of drug-likeness (QED) is 0.293. The van der Waals surface area contributed by atoms with Gasteiger partial charge in [0.25, 0.3) is 0 Å². The SMILES string of the molecule is COCCCOc1ccc2ccc(COC3CCCCN3C(=O)OCC[Si](C)(C)C)cc2c1. The van der Waals surface area contributed by atoms with E-state index in [1.807, 2.05) is 6.07 Å². The van der Waals surface area contributed by atoms with Crippen molar-refractivity contribution >= 4 is 24.9 Å². The number of benzene rings is 2. The lowest BCUT2D eigenvalue weighted by molar-refractivity contribution is -0.0788. The predicted octanol–water partition coefficient (Wildman–Crippen LogP) is 6.06. The number of hydrogen-bond donors (Lipinski definition) is 0. The Morgan fingerprint density at radius 1 is 1.03 bits per heavy atom. The van der Waals surface area contributed by atoms with E-state index in [1.165, 1.54) is 0 Å². The van der Waals surface area contributed by atoms with Crippen LogP contribution in [0.4, 0.5) is 4.79 Å². The highest BCUT2D eigenvalue weighted by Crippen LogP contribution is 2.25. The molecular weight excluding hydrogens is 434 g/mol. The molecule has 1 fully saturated rings. The monoisotopic (exact) mass is 473 g/mol. The van der Waals surface area contributed by atoms with Gasteiger partial charge in [0.05, 0.1) is 19.8 Å². The molecule has 1 heterocycles. The van der Waals surface area contributed by atoms with Gasteiger partial charge in [0.15, 0.2) is 0 Å². The minimum atomic E-state index is -1.23. The molecule has 1 aliphatic rings. The molecule has 1 saturated heterocycles. The van der Waals surface area contributed by atoms with Gasteiger partial charge < -0.3 is 18.9 Å². The Labute approximate surface area is 199 Å². The summed E-state index contributed by atoms with van der Waals surface area (Å²) in [6.07, 6.45) is 3.28. The molecule has 0 aliphatic carbocycles. The van der Waals surface area contributed by atoms with Crippen LogP contribution in [0.25, 0.3) is 10.8 Å². The van der Waals surface area contributed by atoms with E-state index < -0.39 is 8.07 Å². The number of ether oxygens (including phenoxy) is 4. The van der Waals surface area contributed by atoms with Gasteiger partial charge in [-0.3, -0.25) is 4.90 Å². The van der Waals surface area contributed by atoms with Gasteiger partial charge in [-0.2, -0.15) is 0 Å². The fourth-order valence-electron chi connectivity index (χ4n) is 3.85. The van der Waals surface area contributed by atoms with Crippen LogP contribution in [0.2, 0.25) is 25.7 Å². The van der Waals surface area contributed by atoms with Gasteiger partial charge in [-0.05, 0) is 59.8 Å². The Hall–Kier alpha value is -2.09. The summed E-state index contributed by atoms with van der Waals surface area (Å²) >= 11 is 0. The van der Waals surface area contributed by atoms with Crippen LogP contribution in [-0.4, -0.2) is 58.8 Å². The molecule has 1 amide bonds. The Kier molecular flexibility index (Phi) is 9.59. The van der Waals surface area contributed by atoms with Crippen molar-refractivity contribution in [1.82, 2.24) is 4.90 Å². The topological polar surface area (TPSA) is 57.2 Å². The second-order valence-electron chi connectivity index (χ2n) is 9.92. The summed E-state index contributed by atoms with van der Waals surface area (Å²) in [6, 6.07) is 13.4. The van der Waals surface area contributed by atoms with Crippen LogP contribution >= 0.6 is 0 Å². The number of rotatable bonds is 11. The average molecular weight is 474 g/mol. The number of likely N-dealkylation sites (tertiary alicyclic amines) is 1. The van der Waals surface area contributed by atoms with Gasteiger partial charge in [0.1, 0.15) is 12.0 Å². The summed E-state index contributed by atoms with van der Waals surface area (Å²) in [7, 11) is 0.468. The second-order valence-corrected chi connectivity index (χ2v) is 15.5. The third-order valence-electron chi connectivity index (χ3n) is 5.84. The Bertz CT molecular complexity index is 898. The fourth-order valence-corrected chi connectivity index (χ4v) is 4.56. The third-order valence-corrected chi connectivity index (χ3v) is 7.54. The summed E-state index contributed by atoms with van der Waals surface area (Å²) in [6.45, 7) is 9.83. The molecule has 3 rings (SSSR count). The molecule has 7 heteroatoms. The molecule has 1 atom stereocenters. The maximum Gasteiger partial charge on any atom is 0.411 e. The van der Waals surface area contributed by atoms with Gasteiger partial charge in [-0.15, -0.1) is 0 Å². The van der Waals surface area contributed by atoms with Crippen LogP contribution in [0.15, 0.2) is 36.4 Å². The van der Waals surface area contributed by atoms with Crippen molar-refractivity contribution in [1.29, 1.82) is 0 Å². The van der Waals surface area contributed by atoms with Gasteiger partial charge in [-0.25, -0.2) is 4.79 Å². The van der Waals surface area contributed by atoms with Crippen molar-refractivity contribution in [2.75, 3.05) is 33.5 Å². The summed E-state index contributed by atoms with van der Waals surface area (Å²) < 4.78 is 22.7. The van der Waals surface area contributed by atoms with Crippen LogP contribution in [0.5, 0.6) is 5.75 Å². The van der Waals surface area contributed by atoms with E-state index in [0.717, 1.165) is 53.8 Å². The first-order valence-electron chi connectivity index (χ1n) is 12.1. The van der Waals surface area contributed by atoms with Crippen molar-refractivity contribution in [3.8, 4) is 5.75 Å². The molecule has 2 aromatic rings. The average Bonchev–Trinajstić information content (AvgIpc) is 2.79. The van der Waals surface area contributed by atoms with E-state index in [0.29, 0.717) is 33.0 Å². The fraction of sp³-hybridized carbons (Fsp3) is 0.577. The summed E-state index contributed by atoms with van der Waals surface area (Å²) in [5.41, 5.74) is 1.08. The van der Waals surface area contributed by atoms with E-state index >= 15 is 0 Å². The molecule has 0 N–H and O–H groups in total. The highest BCUT2D eigenvalue weighted by Gasteiger charge is 2.29. The van der Waals surface area contributed by atoms with Crippen LogP contribution in [0, 0.1) is 0 Å². The van der Waals surface area contributed by atoms with E-state index in [1.54, 1.807) is 12.0 Å². The first-order chi connectivity index (χ1) is 15.9. The summed E-state index contributed by atoms with van der Waals surface area (Å²) in [5.74, 6) is 0.858. The third kappa shape index (κ3) is 8.32. The molecule has 33 heavy (non-hydrogen) atoms. The van der Waals surface area contributed by atoms with Crippen LogP contribution in [0.1, 0.15) is 31.2 Å². The zero-order valence-corrected chi connectivity index (χ0v) is 21.6. The zero-order chi connectivity index (χ0) is 23.7. The molecule has 182 valence electrons. The maximum absolute atomic E-state index is 12.7. The van der Waals surface area contributed by atoms with Crippen molar-refractivity contribution in [3.63, 3.8) is 0 Å². The number of methoxy groups -OCH3 is 1. The number of carbonyl (C=O) groups excluding carboxylic acids is 1. The van der Waals surface area contributed by atoms with E-state index in [2.05, 4.69) is 50.0 Å². The largest absolute Gasteiger partial charge is 0.493 e. The highest BCUT2D eigenvalue weighted by molar-refractivity contribution is 6.76. The molecule has 0 spiro atoms. The first-order valence-corrected chi connectivity index (χ1v) is 15.8. The first kappa shape index (κ1) is 25.5. The Morgan fingerprint density at radius 2 is 1.85 bits per heavy atom. The van der Waals surface area contributed by atoms with Crippen LogP contribution in [0.3, 0.4) is 0 Å². The molecule has 2 aromatic carbocycles. The van der Waals surface area contributed by atoms with E-state index in [9.17, 15) is 4.79 Å². The lowest BCUT2D eigenvalue weighted by atomic mass is 10.1. The normalized spacial score (nSPS) is 16.7. The van der Waals surface area contributed by atoms with Gasteiger partial charge in [-0.1, -0.05) is 37.8 Å². The molecule has 1 aliphatic heterocycles. The number of nitrogens with zero attached hydrogens (tertiary/aromatic N) is 1. The summed E-state index contributed by atoms with van der Waals surface area (Å²) in [5, 5.41) is 2.28. The van der Waals surface area contributed by atoms with Crippen molar-refractivity contribution in [2.24, 2.45) is 0 Å². The van der Waals surface area contributed by atoms with Crippen LogP contribution < -0.4 is 4.74 Å². The van der Waals surface area contributed by atoms with E-state index in [4.69, 9.17) is 18.9 Å². The molecule has 0 aromatic heterocycles. The number of carbonyl (C=O) groups is 1. The van der Waals surface area contributed by atoms with Gasteiger partial charge in [0.2, 0.25) is 0 Å². The molecule has 0 saturated carbocycles. The summed E-state index contributed by atoms with van der Waals surface area (Å²) in [4.78, 5) is 14.4. The molecule has 0 radical (unpaired) electrons. The number of hydrogen-bond acceptors (Lipinski definition) is 5. The lowest BCUT2D eigenvalue weighted by Crippen LogP contribution is -2.45. The van der Waals surface area contributed by atoms with Crippen molar-refractivity contribution in [2.45, 2.75) is 64.2 Å². The molecule has 0 bridgehead atoms. The Morgan fingerprint density at radius 3 is 2.64 bits per heavy atom. The number of fused-ring (bicyclic) bond motifs is 1. The lowest BCUT2D eigenvalue weighted by Gasteiger charge is -2.34. The molecule has 6 nitrogen and oxygen atoms in total. The second kappa shape index (κ2) is 12.4. The zero-order valence-electron chi connectivity index (χ0n) is 20.6. The Balaban J connectivity index is 1.57. The van der Waals surface area contributed by atoms with Gasteiger partial charge in [0, 0.05) is 34.8 Å². The number of piperidine rings is 1. The van der Waals surface area contributed by atoms with Crippen molar-refractivity contribution in [3.05, 3.63) is 42.0 Å². The van der Waals surface area contributed by atoms with Crippen molar-refractivity contribution < 1.29 is 23.7 Å². The van der Waals surface area contributed by atoms with Crippen LogP contribution in [-0.2, 0) is 20.8 Å². The number of amides is 1. The minimum Gasteiger partial charge on any atom is -0.493 e. The predicted molar refractivity (Wildman–Crippen MR) is 135 cm³/mol. The molecule has 1 unspecified atom stereocenters. The maximum atomic E-state index is 12.7. The smallest absolute Gasteiger partial charge is 0.411 e. The van der Waals surface area contributed by atoms with E-state index in [-0.39, 0.29) is 12.3 Å². The molecular formula is C26H39NO5Si. The standard InChI is InChI=1S/C26H39NO5Si/c1-29-14-7-15-30-24-12-11-22-10-9-21(18-23(22)19-24)20-32-25-8-5-6-13-27(25)26(28)31-16-17-33(2,3)4/h9-12,18-19,25H,5-8,13-17,20H2,1-4H3. The van der Waals surface area contributed by atoms with Gasteiger partial charge >= 0.3 is 6.09 Å².